The Morgan fingerprint density at radius 3 is 2.07 bits per heavy atom. The molecule has 0 spiro atoms. The Hall–Kier alpha value is -5.33. The van der Waals surface area contributed by atoms with Crippen LogP contribution in [0.1, 0.15) is 83.3 Å². The van der Waals surface area contributed by atoms with Gasteiger partial charge in [0.15, 0.2) is 0 Å². The lowest BCUT2D eigenvalue weighted by Gasteiger charge is -2.14. The maximum Gasteiger partial charge on any atom is 0.207 e. The van der Waals surface area contributed by atoms with E-state index in [0.717, 1.165) is 111 Å². The summed E-state index contributed by atoms with van der Waals surface area (Å²) in [6.07, 6.45) is 15.6. The van der Waals surface area contributed by atoms with Gasteiger partial charge in [0.05, 0.1) is 23.0 Å². The smallest absolute Gasteiger partial charge is 0.207 e. The number of allylic oxidation sites excluding steroid dienone is 6. The zero-order valence-corrected chi connectivity index (χ0v) is 34.8. The molecule has 1 aromatic heterocycles. The number of sulfone groups is 1. The second-order valence-corrected chi connectivity index (χ2v) is 17.0. The van der Waals surface area contributed by atoms with Gasteiger partial charge in [0, 0.05) is 39.0 Å². The van der Waals surface area contributed by atoms with Gasteiger partial charge in [-0.3, -0.25) is 0 Å². The van der Waals surface area contributed by atoms with Crippen LogP contribution in [0.5, 0.6) is 11.5 Å². The number of ether oxygens (including phenoxy) is 2. The molecule has 0 radical (unpaired) electrons. The molecule has 1 aliphatic carbocycles. The van der Waals surface area contributed by atoms with E-state index in [0.29, 0.717) is 35.9 Å². The minimum Gasteiger partial charge on any atom is -0.493 e. The molecule has 0 aliphatic heterocycles. The van der Waals surface area contributed by atoms with Crippen LogP contribution in [0, 0.1) is 6.92 Å². The average Bonchev–Trinajstić information content (AvgIpc) is 3.79. The molecule has 5 nitrogen and oxygen atoms in total. The molecule has 294 valence electrons. The highest BCUT2D eigenvalue weighted by molar-refractivity contribution is 7.95. The molecule has 0 bridgehead atoms. The van der Waals surface area contributed by atoms with Gasteiger partial charge < -0.3 is 14.0 Å². The van der Waals surface area contributed by atoms with Crippen LogP contribution in [0.15, 0.2) is 137 Å². The first kappa shape index (κ1) is 39.9. The number of fused-ring (bicyclic) bond motifs is 1. The third kappa shape index (κ3) is 8.11. The zero-order valence-electron chi connectivity index (χ0n) is 33.9. The lowest BCUT2D eigenvalue weighted by Crippen LogP contribution is -2.16. The molecule has 0 N–H and O–H groups in total. The highest BCUT2D eigenvalue weighted by atomic mass is 32.2. The van der Waals surface area contributed by atoms with Gasteiger partial charge in [-0.15, -0.1) is 0 Å². The van der Waals surface area contributed by atoms with E-state index in [1.807, 2.05) is 24.3 Å². The fourth-order valence-corrected chi connectivity index (χ4v) is 9.88. The van der Waals surface area contributed by atoms with E-state index < -0.39 is 9.84 Å². The molecular weight excluding hydrogens is 723 g/mol. The van der Waals surface area contributed by atoms with E-state index in [1.54, 1.807) is 24.3 Å². The number of hydrogen-bond acceptors (Lipinski definition) is 4. The molecule has 0 atom stereocenters. The third-order valence-electron chi connectivity index (χ3n) is 11.1. The largest absolute Gasteiger partial charge is 0.493 e. The summed E-state index contributed by atoms with van der Waals surface area (Å²) in [6, 6.07) is 29.9. The Kier molecular flexibility index (Phi) is 12.5. The summed E-state index contributed by atoms with van der Waals surface area (Å²) in [5, 5.41) is 6.69. The molecule has 1 aliphatic rings. The van der Waals surface area contributed by atoms with E-state index in [4.69, 9.17) is 9.47 Å². The quantitative estimate of drug-likeness (QED) is 0.0683. The molecule has 0 fully saturated rings. The van der Waals surface area contributed by atoms with Crippen molar-refractivity contribution in [3.05, 3.63) is 148 Å². The molecule has 0 saturated heterocycles. The number of rotatable bonds is 17. The minimum atomic E-state index is -3.84. The Balaban J connectivity index is 1.34. The van der Waals surface area contributed by atoms with Crippen LogP contribution >= 0.6 is 0 Å². The normalized spacial score (nSPS) is 14.7. The fraction of sp³-hybridized carbons (Fsp3) is 0.294. The van der Waals surface area contributed by atoms with Gasteiger partial charge in [0.1, 0.15) is 11.5 Å². The van der Waals surface area contributed by atoms with Crippen LogP contribution in [-0.2, 0) is 16.4 Å². The third-order valence-corrected chi connectivity index (χ3v) is 13.1. The van der Waals surface area contributed by atoms with Gasteiger partial charge in [0.2, 0.25) is 9.84 Å². The molecule has 7 rings (SSSR count). The van der Waals surface area contributed by atoms with Crippen molar-refractivity contribution in [1.82, 2.24) is 4.57 Å². The summed E-state index contributed by atoms with van der Waals surface area (Å²) in [4.78, 5) is 0.680. The van der Waals surface area contributed by atoms with Crippen molar-refractivity contribution in [2.24, 2.45) is 0 Å². The number of benzene rings is 5. The fourth-order valence-electron chi connectivity index (χ4n) is 8.09. The summed E-state index contributed by atoms with van der Waals surface area (Å²) in [5.41, 5.74) is 5.74. The number of unbranched alkanes of at least 4 members (excludes halogenated alkanes) is 3. The Labute approximate surface area is 338 Å². The summed E-state index contributed by atoms with van der Waals surface area (Å²) in [5.74, 6) is 1.78. The monoisotopic (exact) mass is 777 g/mol. The van der Waals surface area contributed by atoms with Crippen LogP contribution in [0.3, 0.4) is 0 Å². The Morgan fingerprint density at radius 1 is 0.719 bits per heavy atom. The van der Waals surface area contributed by atoms with Crippen LogP contribution in [0.2, 0.25) is 0 Å². The average molecular weight is 778 g/mol. The number of aryl methyl sites for hydroxylation is 2. The number of nitrogens with zero attached hydrogens (tertiary/aromatic N) is 1. The first-order valence-corrected chi connectivity index (χ1v) is 22.2. The summed E-state index contributed by atoms with van der Waals surface area (Å²) in [6.45, 7) is 15.4. The summed E-state index contributed by atoms with van der Waals surface area (Å²) in [7, 11) is -3.84. The maximum atomic E-state index is 14.6. The molecule has 0 amide bonds. The lowest BCUT2D eigenvalue weighted by molar-refractivity contribution is 0.313. The van der Waals surface area contributed by atoms with Crippen molar-refractivity contribution in [3.8, 4) is 11.5 Å². The lowest BCUT2D eigenvalue weighted by atomic mass is 9.94. The van der Waals surface area contributed by atoms with Crippen molar-refractivity contribution in [2.75, 3.05) is 13.2 Å². The van der Waals surface area contributed by atoms with Crippen LogP contribution in [-0.4, -0.2) is 26.2 Å². The molecule has 6 aromatic rings. The van der Waals surface area contributed by atoms with E-state index in [1.165, 1.54) is 10.9 Å². The molecule has 0 saturated carbocycles. The van der Waals surface area contributed by atoms with Gasteiger partial charge >= 0.3 is 0 Å². The topological polar surface area (TPSA) is 57.5 Å². The molecule has 1 heterocycles. The van der Waals surface area contributed by atoms with Crippen molar-refractivity contribution in [2.45, 2.75) is 90.5 Å². The van der Waals surface area contributed by atoms with E-state index in [2.05, 4.69) is 106 Å². The Bertz CT molecular complexity index is 2680. The first-order valence-electron chi connectivity index (χ1n) is 20.7. The van der Waals surface area contributed by atoms with Crippen molar-refractivity contribution in [1.29, 1.82) is 0 Å². The highest BCUT2D eigenvalue weighted by Crippen LogP contribution is 2.41. The van der Waals surface area contributed by atoms with Crippen molar-refractivity contribution in [3.63, 3.8) is 0 Å². The standard InChI is InChI=1S/C51H55NO4S/c1-6-9-33-52-45(42-20-16-22-44-48(56-35-11-8-3)32-30-46(52)50(42)44)29-28-39-27-26-38(51(39)57(53,54)40-17-13-12-14-18-40)25-23-36(4)41-19-15-21-43-47(55-34-10-7-2)31-24-37(5)49(41)43/h12-25,28-32H,4,6-11,26-27,33-35H2,1-3,5H3/b25-23+,39-28+,45-29+. The minimum absolute atomic E-state index is 0.295. The first-order chi connectivity index (χ1) is 27.8. The number of aromatic nitrogens is 1. The predicted molar refractivity (Wildman–Crippen MR) is 240 cm³/mol. The highest BCUT2D eigenvalue weighted by Gasteiger charge is 2.30. The molecule has 0 unspecified atom stereocenters. The van der Waals surface area contributed by atoms with E-state index in [-0.39, 0.29) is 0 Å². The van der Waals surface area contributed by atoms with Gasteiger partial charge in [-0.25, -0.2) is 8.42 Å². The second kappa shape index (κ2) is 17.9. The second-order valence-electron chi connectivity index (χ2n) is 15.1. The van der Waals surface area contributed by atoms with Crippen LogP contribution in [0.25, 0.3) is 44.1 Å². The Morgan fingerprint density at radius 2 is 1.37 bits per heavy atom. The van der Waals surface area contributed by atoms with E-state index in [9.17, 15) is 8.42 Å². The van der Waals surface area contributed by atoms with Gasteiger partial charge in [0.25, 0.3) is 0 Å². The zero-order chi connectivity index (χ0) is 39.9. The van der Waals surface area contributed by atoms with Crippen molar-refractivity contribution >= 4 is 53.9 Å². The summed E-state index contributed by atoms with van der Waals surface area (Å²) >= 11 is 0. The van der Waals surface area contributed by atoms with Crippen LogP contribution in [0.4, 0.5) is 0 Å². The molecular formula is C51H55NO4S. The number of hydrogen-bond donors (Lipinski definition) is 0. The SMILES string of the molecule is C=C(/C=C/C1=C(S(=O)(=O)c2ccccc2)C(=C/C=c2\c3cccc4c(OCCCC)ccc(c43)n2CCCC)/CC1)c1cccc2c(OCCCC)ccc(C)c12. The van der Waals surface area contributed by atoms with Crippen molar-refractivity contribution < 1.29 is 17.9 Å². The van der Waals surface area contributed by atoms with E-state index >= 15 is 0 Å². The van der Waals surface area contributed by atoms with Gasteiger partial charge in [-0.1, -0.05) is 126 Å². The molecule has 57 heavy (non-hydrogen) atoms. The molecule has 5 aromatic carbocycles. The maximum absolute atomic E-state index is 14.6. The van der Waals surface area contributed by atoms with Gasteiger partial charge in [-0.2, -0.15) is 0 Å². The van der Waals surface area contributed by atoms with Crippen LogP contribution < -0.4 is 14.8 Å². The van der Waals surface area contributed by atoms with Gasteiger partial charge in [-0.05, 0) is 109 Å². The molecule has 6 heteroatoms. The summed E-state index contributed by atoms with van der Waals surface area (Å²) < 4.78 is 44.1. The predicted octanol–water partition coefficient (Wildman–Crippen LogP) is 12.6.